The van der Waals surface area contributed by atoms with Gasteiger partial charge in [0.2, 0.25) is 0 Å². The van der Waals surface area contributed by atoms with Crippen molar-refractivity contribution >= 4 is 28.0 Å². The topological polar surface area (TPSA) is 56.5 Å². The Morgan fingerprint density at radius 3 is 2.94 bits per heavy atom. The quantitative estimate of drug-likeness (QED) is 0.466. The van der Waals surface area contributed by atoms with Crippen LogP contribution >= 0.6 is 11.8 Å². The Morgan fingerprint density at radius 1 is 1.41 bits per heavy atom. The summed E-state index contributed by atoms with van der Waals surface area (Å²) in [4.78, 5) is 23.1. The summed E-state index contributed by atoms with van der Waals surface area (Å²) in [6.07, 6.45) is 0. The molecule has 0 aliphatic carbocycles. The average molecular weight is 250 g/mol. The zero-order valence-electron chi connectivity index (χ0n) is 9.14. The summed E-state index contributed by atoms with van der Waals surface area (Å²) in [6, 6.07) is 8.76. The maximum absolute atomic E-state index is 11.6. The van der Waals surface area contributed by atoms with E-state index in [4.69, 9.17) is 9.15 Å². The number of carbonyl (C=O) groups is 1. The number of benzene rings is 1. The van der Waals surface area contributed by atoms with Crippen LogP contribution in [-0.2, 0) is 4.74 Å². The average Bonchev–Trinajstić information content (AvgIpc) is 2.30. The van der Waals surface area contributed by atoms with Gasteiger partial charge in [-0.05, 0) is 19.1 Å². The molecule has 88 valence electrons. The zero-order chi connectivity index (χ0) is 12.3. The van der Waals surface area contributed by atoms with Gasteiger partial charge in [0.05, 0.1) is 6.61 Å². The Bertz CT molecular complexity index is 603. The summed E-state index contributed by atoms with van der Waals surface area (Å²) in [5.41, 5.74) is -0.0209. The van der Waals surface area contributed by atoms with E-state index in [0.29, 0.717) is 5.58 Å². The molecule has 0 atom stereocenters. The fraction of sp³-hybridized carbons (Fsp3) is 0.167. The maximum Gasteiger partial charge on any atom is 0.372 e. The van der Waals surface area contributed by atoms with Gasteiger partial charge in [-0.1, -0.05) is 18.2 Å². The van der Waals surface area contributed by atoms with Gasteiger partial charge in [0.25, 0.3) is 0 Å². The normalized spacial score (nSPS) is 10.4. The SMILES string of the molecule is CCOC(=O)Sc1cc2ccccc2oc1=O. The van der Waals surface area contributed by atoms with E-state index >= 15 is 0 Å². The number of ether oxygens (including phenoxy) is 1. The molecular weight excluding hydrogens is 240 g/mol. The number of fused-ring (bicyclic) bond motifs is 1. The van der Waals surface area contributed by atoms with E-state index in [1.165, 1.54) is 0 Å². The first kappa shape index (κ1) is 11.7. The van der Waals surface area contributed by atoms with E-state index in [9.17, 15) is 9.59 Å². The minimum Gasteiger partial charge on any atom is -0.458 e. The van der Waals surface area contributed by atoms with Crippen LogP contribution in [0.15, 0.2) is 44.4 Å². The third-order valence-corrected chi connectivity index (χ3v) is 2.85. The lowest BCUT2D eigenvalue weighted by Crippen LogP contribution is -2.05. The number of carbonyl (C=O) groups excluding carboxylic acids is 1. The summed E-state index contributed by atoms with van der Waals surface area (Å²) in [5, 5.41) is 0.272. The number of thioether (sulfide) groups is 1. The highest BCUT2D eigenvalue weighted by Gasteiger charge is 2.11. The molecule has 2 rings (SSSR count). The Hall–Kier alpha value is -1.75. The van der Waals surface area contributed by atoms with Crippen molar-refractivity contribution in [3.8, 4) is 0 Å². The zero-order valence-corrected chi connectivity index (χ0v) is 9.95. The highest BCUT2D eigenvalue weighted by molar-refractivity contribution is 8.13. The molecule has 0 amide bonds. The van der Waals surface area contributed by atoms with Gasteiger partial charge in [0, 0.05) is 17.1 Å². The van der Waals surface area contributed by atoms with Crippen LogP contribution in [0.3, 0.4) is 0 Å². The second-order valence-corrected chi connectivity index (χ2v) is 4.20. The number of hydrogen-bond acceptors (Lipinski definition) is 5. The molecule has 0 aliphatic rings. The van der Waals surface area contributed by atoms with E-state index in [-0.39, 0.29) is 11.5 Å². The van der Waals surface area contributed by atoms with Gasteiger partial charge in [0.15, 0.2) is 0 Å². The lowest BCUT2D eigenvalue weighted by Gasteiger charge is -2.01. The molecule has 5 heteroatoms. The first-order chi connectivity index (χ1) is 8.20. The van der Waals surface area contributed by atoms with E-state index in [2.05, 4.69) is 0 Å². The number of rotatable bonds is 2. The Kier molecular flexibility index (Phi) is 3.49. The Morgan fingerprint density at radius 2 is 2.18 bits per heavy atom. The molecule has 2 aromatic rings. The van der Waals surface area contributed by atoms with Crippen molar-refractivity contribution in [1.29, 1.82) is 0 Å². The van der Waals surface area contributed by atoms with Crippen LogP contribution in [0.4, 0.5) is 4.79 Å². The van der Waals surface area contributed by atoms with Gasteiger partial charge in [-0.15, -0.1) is 0 Å². The van der Waals surface area contributed by atoms with Gasteiger partial charge >= 0.3 is 10.9 Å². The van der Waals surface area contributed by atoms with E-state index in [1.807, 2.05) is 12.1 Å². The van der Waals surface area contributed by atoms with E-state index < -0.39 is 10.9 Å². The molecule has 0 unspecified atom stereocenters. The van der Waals surface area contributed by atoms with Crippen LogP contribution in [0.2, 0.25) is 0 Å². The predicted molar refractivity (Wildman–Crippen MR) is 65.4 cm³/mol. The van der Waals surface area contributed by atoms with Crippen LogP contribution in [0.5, 0.6) is 0 Å². The van der Waals surface area contributed by atoms with Gasteiger partial charge in [-0.25, -0.2) is 9.59 Å². The van der Waals surface area contributed by atoms with Crippen LogP contribution in [-0.4, -0.2) is 11.9 Å². The molecule has 0 N–H and O–H groups in total. The second kappa shape index (κ2) is 5.05. The molecular formula is C12H10O4S. The van der Waals surface area contributed by atoms with Crippen LogP contribution in [0.25, 0.3) is 11.0 Å². The minimum atomic E-state index is -0.526. The van der Waals surface area contributed by atoms with Crippen molar-refractivity contribution in [2.75, 3.05) is 6.61 Å². The van der Waals surface area contributed by atoms with Gasteiger partial charge in [-0.3, -0.25) is 0 Å². The minimum absolute atomic E-state index is 0.238. The second-order valence-electron chi connectivity index (χ2n) is 3.22. The highest BCUT2D eigenvalue weighted by Crippen LogP contribution is 2.21. The van der Waals surface area contributed by atoms with Gasteiger partial charge in [0.1, 0.15) is 10.5 Å². The van der Waals surface area contributed by atoms with E-state index in [1.54, 1.807) is 25.1 Å². The smallest absolute Gasteiger partial charge is 0.372 e. The predicted octanol–water partition coefficient (Wildman–Crippen LogP) is 3.04. The van der Waals surface area contributed by atoms with E-state index in [0.717, 1.165) is 17.1 Å². The largest absolute Gasteiger partial charge is 0.458 e. The molecule has 0 aliphatic heterocycles. The molecule has 4 nitrogen and oxygen atoms in total. The van der Waals surface area contributed by atoms with Crippen LogP contribution < -0.4 is 5.63 Å². The first-order valence-corrected chi connectivity index (χ1v) is 5.90. The van der Waals surface area contributed by atoms with Gasteiger partial charge in [-0.2, -0.15) is 0 Å². The summed E-state index contributed by atoms with van der Waals surface area (Å²) < 4.78 is 9.84. The molecule has 17 heavy (non-hydrogen) atoms. The fourth-order valence-electron chi connectivity index (χ4n) is 1.35. The molecule has 0 saturated carbocycles. The van der Waals surface area contributed by atoms with Crippen molar-refractivity contribution in [2.45, 2.75) is 11.8 Å². The third kappa shape index (κ3) is 2.68. The molecule has 0 saturated heterocycles. The molecule has 0 spiro atoms. The molecule has 0 radical (unpaired) electrons. The maximum atomic E-state index is 11.6. The standard InChI is InChI=1S/C12H10O4S/c1-2-15-12(14)17-10-7-8-5-3-4-6-9(8)16-11(10)13/h3-7H,2H2,1H3. The Labute approximate surface area is 102 Å². The van der Waals surface area contributed by atoms with Crippen molar-refractivity contribution in [1.82, 2.24) is 0 Å². The molecule has 1 heterocycles. The molecule has 1 aromatic carbocycles. The molecule has 1 aromatic heterocycles. The highest BCUT2D eigenvalue weighted by atomic mass is 32.2. The number of para-hydroxylation sites is 1. The van der Waals surface area contributed by atoms with Crippen molar-refractivity contribution in [3.63, 3.8) is 0 Å². The fourth-order valence-corrected chi connectivity index (χ4v) is 2.02. The van der Waals surface area contributed by atoms with Gasteiger partial charge < -0.3 is 9.15 Å². The van der Waals surface area contributed by atoms with Crippen LogP contribution in [0, 0.1) is 0 Å². The molecule has 0 fully saturated rings. The summed E-state index contributed by atoms with van der Waals surface area (Å²) >= 11 is 0.742. The summed E-state index contributed by atoms with van der Waals surface area (Å²) in [5.74, 6) is 0. The summed E-state index contributed by atoms with van der Waals surface area (Å²) in [7, 11) is 0. The van der Waals surface area contributed by atoms with Crippen LogP contribution in [0.1, 0.15) is 6.92 Å². The lowest BCUT2D eigenvalue weighted by molar-refractivity contribution is 0.181. The monoisotopic (exact) mass is 250 g/mol. The third-order valence-electron chi connectivity index (χ3n) is 2.06. The van der Waals surface area contributed by atoms with Crippen molar-refractivity contribution in [3.05, 3.63) is 40.8 Å². The van der Waals surface area contributed by atoms with Crippen molar-refractivity contribution in [2.24, 2.45) is 0 Å². The number of hydrogen-bond donors (Lipinski definition) is 0. The Balaban J connectivity index is 2.37. The lowest BCUT2D eigenvalue weighted by atomic mass is 10.2. The van der Waals surface area contributed by atoms with Crippen molar-refractivity contribution < 1.29 is 13.9 Å². The molecule has 0 bridgehead atoms. The first-order valence-electron chi connectivity index (χ1n) is 5.08. The summed E-state index contributed by atoms with van der Waals surface area (Å²) in [6.45, 7) is 1.99.